The van der Waals surface area contributed by atoms with Crippen molar-refractivity contribution in [2.24, 2.45) is 0 Å². The molecule has 1 fully saturated rings. The molecule has 24 heavy (non-hydrogen) atoms. The summed E-state index contributed by atoms with van der Waals surface area (Å²) in [5.41, 5.74) is 0.923. The lowest BCUT2D eigenvalue weighted by molar-refractivity contribution is -0.117. The molecule has 5 nitrogen and oxygen atoms in total. The van der Waals surface area contributed by atoms with Gasteiger partial charge in [-0.1, -0.05) is 17.3 Å². The number of aromatic nitrogens is 2. The fraction of sp³-hybridized carbons (Fsp3) is 0.235. The van der Waals surface area contributed by atoms with Crippen LogP contribution in [0.4, 0.5) is 5.69 Å². The molecule has 4 rings (SSSR count). The molecule has 1 saturated heterocycles. The number of rotatable bonds is 4. The Morgan fingerprint density at radius 3 is 3.04 bits per heavy atom. The van der Waals surface area contributed by atoms with Crippen molar-refractivity contribution >= 4 is 34.7 Å². The van der Waals surface area contributed by atoms with E-state index in [1.165, 1.54) is 0 Å². The zero-order valence-electron chi connectivity index (χ0n) is 13.0. The Morgan fingerprint density at radius 1 is 1.33 bits per heavy atom. The first-order valence-corrected chi connectivity index (χ1v) is 9.67. The van der Waals surface area contributed by atoms with E-state index in [2.05, 4.69) is 10.1 Å². The summed E-state index contributed by atoms with van der Waals surface area (Å²) in [6, 6.07) is 11.9. The first-order chi connectivity index (χ1) is 11.7. The number of amides is 1. The summed E-state index contributed by atoms with van der Waals surface area (Å²) in [7, 11) is 0. The third-order valence-electron chi connectivity index (χ3n) is 4.02. The molecular weight excluding hydrogens is 342 g/mol. The van der Waals surface area contributed by atoms with Crippen LogP contribution >= 0.6 is 23.1 Å². The number of anilines is 1. The Bertz CT molecular complexity index is 860. The molecule has 2 aromatic heterocycles. The lowest BCUT2D eigenvalue weighted by atomic mass is 10.1. The second-order valence-corrected chi connectivity index (χ2v) is 7.37. The Kier molecular flexibility index (Phi) is 4.12. The van der Waals surface area contributed by atoms with Gasteiger partial charge in [0.25, 0.3) is 0 Å². The summed E-state index contributed by atoms with van der Waals surface area (Å²) in [5, 5.41) is 6.02. The van der Waals surface area contributed by atoms with Gasteiger partial charge in [0.2, 0.25) is 17.6 Å². The fourth-order valence-corrected chi connectivity index (χ4v) is 3.91. The largest absolute Gasteiger partial charge is 0.339 e. The van der Waals surface area contributed by atoms with Gasteiger partial charge in [0, 0.05) is 23.5 Å². The maximum Gasteiger partial charge on any atom is 0.232 e. The molecule has 3 aromatic rings. The normalized spacial score (nSPS) is 17.6. The monoisotopic (exact) mass is 357 g/mol. The van der Waals surface area contributed by atoms with Gasteiger partial charge in [-0.05, 0) is 35.9 Å². The number of benzene rings is 1. The zero-order chi connectivity index (χ0) is 16.5. The van der Waals surface area contributed by atoms with E-state index in [9.17, 15) is 4.79 Å². The van der Waals surface area contributed by atoms with E-state index in [1.54, 1.807) is 28.0 Å². The molecule has 0 bridgehead atoms. The van der Waals surface area contributed by atoms with Crippen LogP contribution in [-0.4, -0.2) is 28.8 Å². The van der Waals surface area contributed by atoms with E-state index in [1.807, 2.05) is 48.0 Å². The van der Waals surface area contributed by atoms with Crippen molar-refractivity contribution in [3.63, 3.8) is 0 Å². The minimum Gasteiger partial charge on any atom is -0.339 e. The summed E-state index contributed by atoms with van der Waals surface area (Å²) in [6.45, 7) is 0.572. The zero-order valence-corrected chi connectivity index (χ0v) is 14.6. The molecule has 1 unspecified atom stereocenters. The minimum absolute atomic E-state index is 0.0587. The van der Waals surface area contributed by atoms with E-state index in [-0.39, 0.29) is 11.8 Å². The van der Waals surface area contributed by atoms with Crippen LogP contribution in [0.15, 0.2) is 51.2 Å². The molecule has 1 amide bonds. The second kappa shape index (κ2) is 6.41. The number of thiophene rings is 1. The molecule has 122 valence electrons. The van der Waals surface area contributed by atoms with Gasteiger partial charge >= 0.3 is 0 Å². The first kappa shape index (κ1) is 15.4. The van der Waals surface area contributed by atoms with Crippen LogP contribution in [-0.2, 0) is 4.79 Å². The van der Waals surface area contributed by atoms with Crippen LogP contribution in [0.25, 0.3) is 10.7 Å². The van der Waals surface area contributed by atoms with Crippen LogP contribution in [0, 0.1) is 0 Å². The Hall–Kier alpha value is -2.12. The number of hydrogen-bond acceptors (Lipinski definition) is 6. The fourth-order valence-electron chi connectivity index (χ4n) is 2.81. The number of thioether (sulfide) groups is 1. The predicted molar refractivity (Wildman–Crippen MR) is 95.5 cm³/mol. The van der Waals surface area contributed by atoms with Crippen LogP contribution in [0.2, 0.25) is 0 Å². The Labute approximate surface area is 147 Å². The maximum absolute atomic E-state index is 12.4. The van der Waals surface area contributed by atoms with Crippen molar-refractivity contribution in [2.75, 3.05) is 17.7 Å². The number of nitrogens with zero attached hydrogens (tertiary/aromatic N) is 3. The van der Waals surface area contributed by atoms with Crippen molar-refractivity contribution in [3.05, 3.63) is 47.7 Å². The molecule has 0 radical (unpaired) electrons. The van der Waals surface area contributed by atoms with Crippen molar-refractivity contribution in [1.82, 2.24) is 10.1 Å². The third-order valence-corrected chi connectivity index (χ3v) is 5.61. The van der Waals surface area contributed by atoms with E-state index in [4.69, 9.17) is 4.52 Å². The van der Waals surface area contributed by atoms with Gasteiger partial charge in [-0.3, -0.25) is 4.79 Å². The summed E-state index contributed by atoms with van der Waals surface area (Å²) >= 11 is 3.23. The standard InChI is InChI=1S/C17H15N3O2S2/c1-23-13-5-2-4-12(9-13)20-10-11(8-15(20)21)17-18-16(19-22-17)14-6-3-7-24-14/h2-7,9,11H,8,10H2,1H3. The second-order valence-electron chi connectivity index (χ2n) is 5.54. The van der Waals surface area contributed by atoms with Gasteiger partial charge in [-0.2, -0.15) is 4.98 Å². The van der Waals surface area contributed by atoms with Crippen LogP contribution in [0.3, 0.4) is 0 Å². The quantitative estimate of drug-likeness (QED) is 0.660. The van der Waals surface area contributed by atoms with E-state index >= 15 is 0 Å². The number of carbonyl (C=O) groups is 1. The lowest BCUT2D eigenvalue weighted by Crippen LogP contribution is -2.24. The van der Waals surface area contributed by atoms with Gasteiger partial charge in [0.05, 0.1) is 10.8 Å². The number of hydrogen-bond donors (Lipinski definition) is 0. The molecule has 1 aromatic carbocycles. The summed E-state index contributed by atoms with van der Waals surface area (Å²) in [6.07, 6.45) is 2.42. The van der Waals surface area contributed by atoms with E-state index in [0.29, 0.717) is 24.7 Å². The molecular formula is C17H15N3O2S2. The molecule has 0 saturated carbocycles. The third kappa shape index (κ3) is 2.85. The molecule has 0 N–H and O–H groups in total. The van der Waals surface area contributed by atoms with Crippen LogP contribution in [0.5, 0.6) is 0 Å². The average Bonchev–Trinajstić information content (AvgIpc) is 3.34. The van der Waals surface area contributed by atoms with Gasteiger partial charge in [-0.15, -0.1) is 23.1 Å². The topological polar surface area (TPSA) is 59.2 Å². The van der Waals surface area contributed by atoms with E-state index < -0.39 is 0 Å². The Morgan fingerprint density at radius 2 is 2.25 bits per heavy atom. The van der Waals surface area contributed by atoms with Crippen molar-refractivity contribution in [2.45, 2.75) is 17.2 Å². The first-order valence-electron chi connectivity index (χ1n) is 7.56. The highest BCUT2D eigenvalue weighted by atomic mass is 32.2. The SMILES string of the molecule is CSc1cccc(N2CC(c3nc(-c4cccs4)no3)CC2=O)c1. The molecule has 7 heteroatoms. The maximum atomic E-state index is 12.4. The molecule has 3 heterocycles. The van der Waals surface area contributed by atoms with Crippen molar-refractivity contribution in [1.29, 1.82) is 0 Å². The average molecular weight is 357 g/mol. The molecule has 1 aliphatic rings. The van der Waals surface area contributed by atoms with Crippen molar-refractivity contribution in [3.8, 4) is 10.7 Å². The van der Waals surface area contributed by atoms with Crippen LogP contribution in [0.1, 0.15) is 18.2 Å². The molecule has 1 atom stereocenters. The van der Waals surface area contributed by atoms with Crippen molar-refractivity contribution < 1.29 is 9.32 Å². The summed E-state index contributed by atoms with van der Waals surface area (Å²) in [5.74, 6) is 1.16. The van der Waals surface area contributed by atoms with Crippen LogP contribution < -0.4 is 4.90 Å². The lowest BCUT2D eigenvalue weighted by Gasteiger charge is -2.16. The Balaban J connectivity index is 1.55. The smallest absolute Gasteiger partial charge is 0.232 e. The van der Waals surface area contributed by atoms with Gasteiger partial charge in [0.1, 0.15) is 0 Å². The number of carbonyl (C=O) groups excluding carboxylic acids is 1. The highest BCUT2D eigenvalue weighted by Crippen LogP contribution is 2.33. The highest BCUT2D eigenvalue weighted by molar-refractivity contribution is 7.98. The summed E-state index contributed by atoms with van der Waals surface area (Å²) < 4.78 is 5.41. The summed E-state index contributed by atoms with van der Waals surface area (Å²) in [4.78, 5) is 20.8. The minimum atomic E-state index is -0.0587. The van der Waals surface area contributed by atoms with E-state index in [0.717, 1.165) is 15.5 Å². The van der Waals surface area contributed by atoms with Gasteiger partial charge in [0.15, 0.2) is 0 Å². The predicted octanol–water partition coefficient (Wildman–Crippen LogP) is 4.04. The molecule has 0 spiro atoms. The molecule has 1 aliphatic heterocycles. The highest BCUT2D eigenvalue weighted by Gasteiger charge is 2.35. The van der Waals surface area contributed by atoms with Gasteiger partial charge < -0.3 is 9.42 Å². The molecule has 0 aliphatic carbocycles. The van der Waals surface area contributed by atoms with Gasteiger partial charge in [-0.25, -0.2) is 0 Å².